The second-order valence-electron chi connectivity index (χ2n) is 5.87. The Labute approximate surface area is 133 Å². The van der Waals surface area contributed by atoms with Crippen molar-refractivity contribution in [2.45, 2.75) is 26.2 Å². The van der Waals surface area contributed by atoms with E-state index in [2.05, 4.69) is 41.3 Å². The predicted octanol–water partition coefficient (Wildman–Crippen LogP) is 2.53. The Hall–Kier alpha value is -2.76. The molecular weight excluding hydrogens is 294 g/mol. The number of aromatic nitrogens is 2. The Morgan fingerprint density at radius 3 is 2.74 bits per heavy atom. The molecule has 1 aliphatic rings. The third-order valence-electron chi connectivity index (χ3n) is 4.27. The SMILES string of the molecule is Cc1ccc(C2CC2C(=O)Nc2ncncc2C(=O)O)cc1C. The third-order valence-corrected chi connectivity index (χ3v) is 4.27. The molecule has 2 N–H and O–H groups in total. The molecule has 0 bridgehead atoms. The highest BCUT2D eigenvalue weighted by molar-refractivity contribution is 6.00. The van der Waals surface area contributed by atoms with E-state index in [4.69, 9.17) is 5.11 Å². The number of carboxylic acid groups (broad SMARTS) is 1. The van der Waals surface area contributed by atoms with Crippen molar-refractivity contribution < 1.29 is 14.7 Å². The first-order chi connectivity index (χ1) is 11.0. The number of carbonyl (C=O) groups excluding carboxylic acids is 1. The fourth-order valence-electron chi connectivity index (χ4n) is 2.64. The van der Waals surface area contributed by atoms with Gasteiger partial charge in [-0.2, -0.15) is 0 Å². The van der Waals surface area contributed by atoms with Crippen LogP contribution in [0.5, 0.6) is 0 Å². The zero-order chi connectivity index (χ0) is 16.6. The minimum atomic E-state index is -1.16. The van der Waals surface area contributed by atoms with E-state index >= 15 is 0 Å². The van der Waals surface area contributed by atoms with Crippen molar-refractivity contribution in [2.24, 2.45) is 5.92 Å². The molecule has 1 amide bonds. The van der Waals surface area contributed by atoms with E-state index < -0.39 is 5.97 Å². The number of hydrogen-bond donors (Lipinski definition) is 2. The second kappa shape index (κ2) is 5.79. The van der Waals surface area contributed by atoms with Gasteiger partial charge in [-0.05, 0) is 42.9 Å². The molecule has 0 radical (unpaired) electrons. The van der Waals surface area contributed by atoms with Crippen molar-refractivity contribution in [1.29, 1.82) is 0 Å². The normalized spacial score (nSPS) is 19.2. The number of carbonyl (C=O) groups is 2. The first-order valence-corrected chi connectivity index (χ1v) is 7.38. The van der Waals surface area contributed by atoms with E-state index in [0.717, 1.165) is 12.0 Å². The van der Waals surface area contributed by atoms with Crippen LogP contribution in [0.15, 0.2) is 30.7 Å². The Morgan fingerprint density at radius 1 is 1.26 bits per heavy atom. The number of nitrogens with one attached hydrogen (secondary N) is 1. The van der Waals surface area contributed by atoms with Gasteiger partial charge in [-0.1, -0.05) is 18.2 Å². The number of hydrogen-bond acceptors (Lipinski definition) is 4. The molecule has 0 aliphatic heterocycles. The molecule has 6 nitrogen and oxygen atoms in total. The molecule has 23 heavy (non-hydrogen) atoms. The van der Waals surface area contributed by atoms with Gasteiger partial charge < -0.3 is 10.4 Å². The lowest BCUT2D eigenvalue weighted by Crippen LogP contribution is -2.18. The van der Waals surface area contributed by atoms with Crippen LogP contribution in [0.3, 0.4) is 0 Å². The standard InChI is InChI=1S/C17H17N3O3/c1-9-3-4-11(5-10(9)2)12-6-13(12)16(21)20-15-14(17(22)23)7-18-8-19-15/h3-5,7-8,12-13H,6H2,1-2H3,(H,22,23)(H,18,19,20,21). The quantitative estimate of drug-likeness (QED) is 0.905. The summed E-state index contributed by atoms with van der Waals surface area (Å²) in [5.41, 5.74) is 3.47. The number of amides is 1. The van der Waals surface area contributed by atoms with E-state index in [-0.39, 0.29) is 29.1 Å². The minimum absolute atomic E-state index is 0.0447. The smallest absolute Gasteiger partial charge is 0.341 e. The van der Waals surface area contributed by atoms with Gasteiger partial charge in [0.1, 0.15) is 11.9 Å². The number of benzene rings is 1. The number of nitrogens with zero attached hydrogens (tertiary/aromatic N) is 2. The second-order valence-corrected chi connectivity index (χ2v) is 5.87. The lowest BCUT2D eigenvalue weighted by Gasteiger charge is -2.07. The molecule has 1 saturated carbocycles. The summed E-state index contributed by atoms with van der Waals surface area (Å²) in [4.78, 5) is 31.0. The maximum atomic E-state index is 12.3. The Bertz CT molecular complexity index is 788. The summed E-state index contributed by atoms with van der Waals surface area (Å²) in [6, 6.07) is 6.22. The van der Waals surface area contributed by atoms with Crippen LogP contribution >= 0.6 is 0 Å². The van der Waals surface area contributed by atoms with Gasteiger partial charge in [0.05, 0.1) is 0 Å². The number of rotatable bonds is 4. The lowest BCUT2D eigenvalue weighted by molar-refractivity contribution is -0.117. The van der Waals surface area contributed by atoms with E-state index in [0.29, 0.717) is 0 Å². The van der Waals surface area contributed by atoms with Gasteiger partial charge in [0.15, 0.2) is 5.82 Å². The van der Waals surface area contributed by atoms with Crippen LogP contribution in [0, 0.1) is 19.8 Å². The third kappa shape index (κ3) is 3.06. The van der Waals surface area contributed by atoms with Gasteiger partial charge in [-0.25, -0.2) is 14.8 Å². The molecule has 1 aromatic carbocycles. The van der Waals surface area contributed by atoms with Crippen LogP contribution in [0.2, 0.25) is 0 Å². The molecule has 2 atom stereocenters. The molecule has 3 rings (SSSR count). The van der Waals surface area contributed by atoms with Gasteiger partial charge in [0.25, 0.3) is 0 Å². The molecule has 2 aromatic rings. The fraction of sp³-hybridized carbons (Fsp3) is 0.294. The summed E-state index contributed by atoms with van der Waals surface area (Å²) in [5.74, 6) is -1.28. The largest absolute Gasteiger partial charge is 0.477 e. The van der Waals surface area contributed by atoms with Crippen LogP contribution in [-0.4, -0.2) is 27.0 Å². The number of aromatic carboxylic acids is 1. The summed E-state index contributed by atoms with van der Waals surface area (Å²) in [7, 11) is 0. The minimum Gasteiger partial charge on any atom is -0.477 e. The average Bonchev–Trinajstić information content (AvgIpc) is 3.31. The highest BCUT2D eigenvalue weighted by atomic mass is 16.4. The summed E-state index contributed by atoms with van der Waals surface area (Å²) in [6.07, 6.45) is 3.16. The Kier molecular flexibility index (Phi) is 3.82. The van der Waals surface area contributed by atoms with E-state index in [1.807, 2.05) is 6.07 Å². The van der Waals surface area contributed by atoms with Gasteiger partial charge >= 0.3 is 5.97 Å². The monoisotopic (exact) mass is 311 g/mol. The molecule has 1 fully saturated rings. The maximum Gasteiger partial charge on any atom is 0.341 e. The van der Waals surface area contributed by atoms with Crippen LogP contribution in [0.4, 0.5) is 5.82 Å². The van der Waals surface area contributed by atoms with Gasteiger partial charge in [0.2, 0.25) is 5.91 Å². The number of aryl methyl sites for hydroxylation is 2. The highest BCUT2D eigenvalue weighted by Crippen LogP contribution is 2.48. The summed E-state index contributed by atoms with van der Waals surface area (Å²) >= 11 is 0. The van der Waals surface area contributed by atoms with Crippen molar-refractivity contribution in [3.63, 3.8) is 0 Å². The Balaban J connectivity index is 1.71. The van der Waals surface area contributed by atoms with Crippen molar-refractivity contribution in [3.8, 4) is 0 Å². The Morgan fingerprint density at radius 2 is 2.04 bits per heavy atom. The molecule has 1 aromatic heterocycles. The molecule has 0 saturated heterocycles. The van der Waals surface area contributed by atoms with E-state index in [9.17, 15) is 9.59 Å². The molecule has 0 spiro atoms. The van der Waals surface area contributed by atoms with Crippen molar-refractivity contribution in [1.82, 2.24) is 9.97 Å². The van der Waals surface area contributed by atoms with Crippen molar-refractivity contribution in [2.75, 3.05) is 5.32 Å². The van der Waals surface area contributed by atoms with Gasteiger partial charge in [-0.15, -0.1) is 0 Å². The molecule has 118 valence electrons. The maximum absolute atomic E-state index is 12.3. The van der Waals surface area contributed by atoms with Crippen LogP contribution in [0.25, 0.3) is 0 Å². The number of carboxylic acids is 1. The molecule has 2 unspecified atom stereocenters. The molecular formula is C17H17N3O3. The zero-order valence-electron chi connectivity index (χ0n) is 12.9. The fourth-order valence-corrected chi connectivity index (χ4v) is 2.64. The molecule has 1 aliphatic carbocycles. The summed E-state index contributed by atoms with van der Waals surface area (Å²) in [6.45, 7) is 4.11. The predicted molar refractivity (Wildman–Crippen MR) is 84.4 cm³/mol. The topological polar surface area (TPSA) is 92.2 Å². The van der Waals surface area contributed by atoms with Crippen LogP contribution < -0.4 is 5.32 Å². The first-order valence-electron chi connectivity index (χ1n) is 7.38. The molecule has 1 heterocycles. The highest BCUT2D eigenvalue weighted by Gasteiger charge is 2.44. The lowest BCUT2D eigenvalue weighted by atomic mass is 10.0. The van der Waals surface area contributed by atoms with E-state index in [1.165, 1.54) is 23.7 Å². The number of anilines is 1. The summed E-state index contributed by atoms with van der Waals surface area (Å²) < 4.78 is 0. The van der Waals surface area contributed by atoms with E-state index in [1.54, 1.807) is 0 Å². The van der Waals surface area contributed by atoms with Crippen molar-refractivity contribution >= 4 is 17.7 Å². The zero-order valence-corrected chi connectivity index (χ0v) is 12.9. The van der Waals surface area contributed by atoms with Gasteiger partial charge in [-0.3, -0.25) is 4.79 Å². The average molecular weight is 311 g/mol. The first kappa shape index (κ1) is 15.1. The van der Waals surface area contributed by atoms with Gasteiger partial charge in [0, 0.05) is 12.1 Å². The van der Waals surface area contributed by atoms with Crippen molar-refractivity contribution in [3.05, 3.63) is 53.0 Å². The summed E-state index contributed by atoms with van der Waals surface area (Å²) in [5, 5.41) is 11.7. The van der Waals surface area contributed by atoms with Crippen LogP contribution in [0.1, 0.15) is 39.4 Å². The van der Waals surface area contributed by atoms with Crippen LogP contribution in [-0.2, 0) is 4.79 Å². The molecule has 6 heteroatoms.